The molecule has 0 aromatic heterocycles. The molecule has 0 fully saturated rings. The summed E-state index contributed by atoms with van der Waals surface area (Å²) in [5, 5.41) is 2.51. The van der Waals surface area contributed by atoms with Crippen molar-refractivity contribution in [3.63, 3.8) is 0 Å². The summed E-state index contributed by atoms with van der Waals surface area (Å²) < 4.78 is 7.18. The zero-order valence-electron chi connectivity index (χ0n) is 30.1. The maximum Gasteiger partial charge on any atom is 0.156 e. The van der Waals surface area contributed by atoms with Crippen LogP contribution in [-0.4, -0.2) is 0 Å². The van der Waals surface area contributed by atoms with Gasteiger partial charge in [-0.15, -0.1) is 0 Å². The highest BCUT2D eigenvalue weighted by Crippen LogP contribution is 2.64. The number of anilines is 3. The third-order valence-electron chi connectivity index (χ3n) is 11.5. The van der Waals surface area contributed by atoms with Gasteiger partial charge < -0.3 is 9.64 Å². The molecule has 9 aromatic carbocycles. The van der Waals surface area contributed by atoms with Gasteiger partial charge in [0.05, 0.1) is 11.1 Å². The molecule has 55 heavy (non-hydrogen) atoms. The summed E-state index contributed by atoms with van der Waals surface area (Å²) in [5.41, 5.74) is 14.7. The van der Waals surface area contributed by atoms with Crippen LogP contribution in [0.15, 0.2) is 212 Å². The molecule has 0 saturated carbocycles. The third-order valence-corrected chi connectivity index (χ3v) is 11.5. The van der Waals surface area contributed by atoms with Gasteiger partial charge in [-0.05, 0) is 91.7 Å². The number of para-hydroxylation sites is 2. The molecule has 258 valence electrons. The van der Waals surface area contributed by atoms with E-state index in [1.54, 1.807) is 0 Å². The van der Waals surface area contributed by atoms with Crippen LogP contribution in [-0.2, 0) is 5.41 Å². The third kappa shape index (κ3) is 4.75. The molecule has 0 N–H and O–H groups in total. The van der Waals surface area contributed by atoms with E-state index in [-0.39, 0.29) is 0 Å². The highest BCUT2D eigenvalue weighted by atomic mass is 16.5. The topological polar surface area (TPSA) is 12.5 Å². The van der Waals surface area contributed by atoms with E-state index in [1.807, 2.05) is 0 Å². The van der Waals surface area contributed by atoms with Gasteiger partial charge in [0.15, 0.2) is 5.75 Å². The van der Waals surface area contributed by atoms with E-state index in [1.165, 1.54) is 55.3 Å². The molecule has 1 spiro atoms. The predicted octanol–water partition coefficient (Wildman–Crippen LogP) is 14.1. The van der Waals surface area contributed by atoms with Crippen molar-refractivity contribution < 1.29 is 4.74 Å². The lowest BCUT2D eigenvalue weighted by Crippen LogP contribution is -2.32. The molecule has 1 heterocycles. The van der Waals surface area contributed by atoms with Crippen molar-refractivity contribution in [2.45, 2.75) is 5.41 Å². The van der Waals surface area contributed by atoms with E-state index in [9.17, 15) is 0 Å². The average molecular weight is 702 g/mol. The molecule has 2 aliphatic rings. The first-order valence-electron chi connectivity index (χ1n) is 18.9. The largest absolute Gasteiger partial charge is 0.454 e. The first-order chi connectivity index (χ1) is 27.3. The van der Waals surface area contributed by atoms with Crippen LogP contribution in [0.5, 0.6) is 11.5 Å². The molecule has 9 aromatic rings. The quantitative estimate of drug-likeness (QED) is 0.177. The highest BCUT2D eigenvalue weighted by molar-refractivity contribution is 6.05. The molecule has 0 radical (unpaired) electrons. The second kappa shape index (κ2) is 12.5. The predicted molar refractivity (Wildman–Crippen MR) is 227 cm³/mol. The van der Waals surface area contributed by atoms with Gasteiger partial charge in [-0.25, -0.2) is 0 Å². The summed E-state index contributed by atoms with van der Waals surface area (Å²) in [5.74, 6) is 1.73. The molecule has 0 saturated heterocycles. The van der Waals surface area contributed by atoms with Gasteiger partial charge >= 0.3 is 0 Å². The molecule has 1 unspecified atom stereocenters. The number of hydrogen-bond acceptors (Lipinski definition) is 2. The SMILES string of the molecule is c1ccc(-c2ccc(N(c3ccc(-c4ccccc4)cc3)c3cccc4c3Oc3ccccc3C43c4ccccc4-c4c3ccc3ccccc43)cc2)cc1. The van der Waals surface area contributed by atoms with Gasteiger partial charge in [0.1, 0.15) is 5.75 Å². The van der Waals surface area contributed by atoms with Crippen LogP contribution < -0.4 is 9.64 Å². The van der Waals surface area contributed by atoms with E-state index < -0.39 is 5.41 Å². The van der Waals surface area contributed by atoms with Crippen LogP contribution in [0.25, 0.3) is 44.2 Å². The summed E-state index contributed by atoms with van der Waals surface area (Å²) in [6, 6.07) is 76.6. The monoisotopic (exact) mass is 701 g/mol. The lowest BCUT2D eigenvalue weighted by Gasteiger charge is -2.41. The van der Waals surface area contributed by atoms with Gasteiger partial charge in [0.25, 0.3) is 0 Å². The van der Waals surface area contributed by atoms with Crippen molar-refractivity contribution in [1.29, 1.82) is 0 Å². The van der Waals surface area contributed by atoms with Crippen LogP contribution in [0, 0.1) is 0 Å². The fourth-order valence-electron chi connectivity index (χ4n) is 9.15. The highest BCUT2D eigenvalue weighted by Gasteiger charge is 2.52. The zero-order valence-corrected chi connectivity index (χ0v) is 30.1. The Balaban J connectivity index is 1.17. The molecular formula is C53H35NO. The van der Waals surface area contributed by atoms with Crippen molar-refractivity contribution in [1.82, 2.24) is 0 Å². The smallest absolute Gasteiger partial charge is 0.156 e. The lowest BCUT2D eigenvalue weighted by molar-refractivity contribution is 0.437. The number of rotatable bonds is 5. The Labute approximate surface area is 321 Å². The van der Waals surface area contributed by atoms with Gasteiger partial charge in [0, 0.05) is 22.5 Å². The number of nitrogens with zero attached hydrogens (tertiary/aromatic N) is 1. The molecule has 1 aliphatic carbocycles. The standard InChI is InChI=1S/C53H35NO/c1-3-14-36(15-4-1)38-26-31-41(32-27-38)54(42-33-28-39(29-34-42)37-16-5-2-6-17-37)49-24-13-23-48-52(49)55-50-25-12-11-22-46(50)53(48)45-21-10-9-20-44(45)51-43-19-8-7-18-40(43)30-35-47(51)53/h1-35H. The number of hydrogen-bond donors (Lipinski definition) is 0. The molecule has 1 atom stereocenters. The summed E-state index contributed by atoms with van der Waals surface area (Å²) in [4.78, 5) is 2.35. The summed E-state index contributed by atoms with van der Waals surface area (Å²) in [6.45, 7) is 0. The van der Waals surface area contributed by atoms with Crippen LogP contribution in [0.4, 0.5) is 17.1 Å². The van der Waals surface area contributed by atoms with Crippen molar-refractivity contribution in [3.05, 3.63) is 235 Å². The summed E-state index contributed by atoms with van der Waals surface area (Å²) in [7, 11) is 0. The van der Waals surface area contributed by atoms with Crippen LogP contribution in [0.3, 0.4) is 0 Å². The Kier molecular flexibility index (Phi) is 7.11. The molecule has 0 amide bonds. The Bertz CT molecular complexity index is 2800. The zero-order chi connectivity index (χ0) is 36.3. The molecule has 2 nitrogen and oxygen atoms in total. The summed E-state index contributed by atoms with van der Waals surface area (Å²) in [6.07, 6.45) is 0. The minimum absolute atomic E-state index is 0.587. The first-order valence-corrected chi connectivity index (χ1v) is 18.9. The summed E-state index contributed by atoms with van der Waals surface area (Å²) >= 11 is 0. The Morgan fingerprint density at radius 3 is 1.60 bits per heavy atom. The van der Waals surface area contributed by atoms with Crippen LogP contribution >= 0.6 is 0 Å². The van der Waals surface area contributed by atoms with E-state index in [2.05, 4.69) is 217 Å². The lowest BCUT2D eigenvalue weighted by atomic mass is 9.66. The van der Waals surface area contributed by atoms with Gasteiger partial charge in [-0.3, -0.25) is 0 Å². The van der Waals surface area contributed by atoms with Gasteiger partial charge in [-0.1, -0.05) is 176 Å². The van der Waals surface area contributed by atoms with Crippen LogP contribution in [0.2, 0.25) is 0 Å². The Hall–Kier alpha value is -7.16. The van der Waals surface area contributed by atoms with E-state index in [4.69, 9.17) is 4.74 Å². The number of benzene rings is 9. The normalized spacial score (nSPS) is 14.8. The van der Waals surface area contributed by atoms with Crippen molar-refractivity contribution in [3.8, 4) is 44.9 Å². The van der Waals surface area contributed by atoms with Crippen molar-refractivity contribution >= 4 is 27.8 Å². The average Bonchev–Trinajstić information content (AvgIpc) is 3.56. The minimum atomic E-state index is -0.587. The van der Waals surface area contributed by atoms with Crippen LogP contribution in [0.1, 0.15) is 22.3 Å². The molecule has 1 aliphatic heterocycles. The van der Waals surface area contributed by atoms with Gasteiger partial charge in [-0.2, -0.15) is 0 Å². The van der Waals surface area contributed by atoms with E-state index >= 15 is 0 Å². The molecule has 2 heteroatoms. The first kappa shape index (κ1) is 31.4. The Morgan fingerprint density at radius 1 is 0.364 bits per heavy atom. The molecule has 11 rings (SSSR count). The second-order valence-corrected chi connectivity index (χ2v) is 14.4. The molecule has 0 bridgehead atoms. The van der Waals surface area contributed by atoms with Crippen molar-refractivity contribution in [2.24, 2.45) is 0 Å². The minimum Gasteiger partial charge on any atom is -0.454 e. The maximum absolute atomic E-state index is 7.18. The number of fused-ring (bicyclic) bond motifs is 11. The number of ether oxygens (including phenoxy) is 1. The Morgan fingerprint density at radius 2 is 0.909 bits per heavy atom. The van der Waals surface area contributed by atoms with E-state index in [0.29, 0.717) is 0 Å². The van der Waals surface area contributed by atoms with Gasteiger partial charge in [0.2, 0.25) is 0 Å². The maximum atomic E-state index is 7.18. The fourth-order valence-corrected chi connectivity index (χ4v) is 9.15. The fraction of sp³-hybridized carbons (Fsp3) is 0.0189. The van der Waals surface area contributed by atoms with Crippen molar-refractivity contribution in [2.75, 3.05) is 4.90 Å². The van der Waals surface area contributed by atoms with E-state index in [0.717, 1.165) is 39.7 Å². The second-order valence-electron chi connectivity index (χ2n) is 14.4. The molecular weight excluding hydrogens is 667 g/mol.